The molecule has 0 aromatic heterocycles. The van der Waals surface area contributed by atoms with Gasteiger partial charge in [0.25, 0.3) is 0 Å². The predicted octanol–water partition coefficient (Wildman–Crippen LogP) is 3.90. The quantitative estimate of drug-likeness (QED) is 0.537. The van der Waals surface area contributed by atoms with Crippen LogP contribution in [0.15, 0.2) is 54.6 Å². The third kappa shape index (κ3) is 10.0. The number of halogens is 1. The first kappa shape index (κ1) is 26.7. The first-order chi connectivity index (χ1) is 14.3. The summed E-state index contributed by atoms with van der Waals surface area (Å²) in [5, 5.41) is 2.85. The summed E-state index contributed by atoms with van der Waals surface area (Å²) in [6, 6.07) is 16.4. The average molecular weight is 465 g/mol. The van der Waals surface area contributed by atoms with Crippen LogP contribution in [0, 0.1) is 5.92 Å². The molecule has 0 aliphatic carbocycles. The predicted molar refractivity (Wildman–Crippen MR) is 128 cm³/mol. The van der Waals surface area contributed by atoms with Crippen molar-refractivity contribution in [1.29, 1.82) is 0 Å². The summed E-state index contributed by atoms with van der Waals surface area (Å²) in [6.07, 6.45) is 0.527. The number of thioether (sulfide) groups is 1. The highest BCUT2D eigenvalue weighted by atomic mass is 35.5. The number of carbonyl (C=O) groups is 3. The van der Waals surface area contributed by atoms with Gasteiger partial charge in [0.05, 0.1) is 11.5 Å². The van der Waals surface area contributed by atoms with Crippen LogP contribution in [0.3, 0.4) is 0 Å². The van der Waals surface area contributed by atoms with E-state index in [1.165, 1.54) is 6.92 Å². The number of rotatable bonds is 10. The van der Waals surface area contributed by atoms with Crippen LogP contribution < -0.4 is 5.32 Å². The molecular weight excluding hydrogens is 436 g/mol. The Labute approximate surface area is 194 Å². The van der Waals surface area contributed by atoms with Gasteiger partial charge in [-0.1, -0.05) is 48.2 Å². The van der Waals surface area contributed by atoms with E-state index in [0.29, 0.717) is 36.6 Å². The number of nitrogens with zero attached hydrogens (tertiary/aromatic N) is 1. The van der Waals surface area contributed by atoms with Crippen molar-refractivity contribution < 1.29 is 19.1 Å². The Morgan fingerprint density at radius 3 is 2.42 bits per heavy atom. The number of ether oxygens (including phenoxy) is 1. The molecule has 8 heteroatoms. The van der Waals surface area contributed by atoms with E-state index in [1.807, 2.05) is 49.3 Å². The van der Waals surface area contributed by atoms with Crippen molar-refractivity contribution in [3.8, 4) is 0 Å². The van der Waals surface area contributed by atoms with Gasteiger partial charge in [-0.3, -0.25) is 9.59 Å². The zero-order chi connectivity index (χ0) is 21.9. The number of likely N-dealkylation sites (N-methyl/N-ethyl adjacent to an activating group) is 1. The molecule has 0 aliphatic heterocycles. The molecule has 0 saturated heterocycles. The summed E-state index contributed by atoms with van der Waals surface area (Å²) in [7, 11) is 3.81. The minimum absolute atomic E-state index is 0. The highest BCUT2D eigenvalue weighted by Gasteiger charge is 2.21. The second-order valence-electron chi connectivity index (χ2n) is 7.20. The van der Waals surface area contributed by atoms with Gasteiger partial charge < -0.3 is 15.0 Å². The maximum atomic E-state index is 12.9. The van der Waals surface area contributed by atoms with Crippen LogP contribution >= 0.6 is 24.2 Å². The smallest absolute Gasteiger partial charge is 0.338 e. The topological polar surface area (TPSA) is 75.7 Å². The Hall–Kier alpha value is -2.35. The fourth-order valence-corrected chi connectivity index (χ4v) is 3.42. The fourth-order valence-electron chi connectivity index (χ4n) is 2.72. The molecule has 0 bridgehead atoms. The molecule has 31 heavy (non-hydrogen) atoms. The summed E-state index contributed by atoms with van der Waals surface area (Å²) < 4.78 is 5.26. The van der Waals surface area contributed by atoms with Gasteiger partial charge in [0.15, 0.2) is 5.12 Å². The lowest BCUT2D eigenvalue weighted by atomic mass is 10.00. The van der Waals surface area contributed by atoms with Crippen LogP contribution in [0.2, 0.25) is 0 Å². The summed E-state index contributed by atoms with van der Waals surface area (Å²) in [6.45, 7) is 2.43. The molecular formula is C23H29ClN2O4S. The van der Waals surface area contributed by atoms with E-state index < -0.39 is 5.97 Å². The van der Waals surface area contributed by atoms with E-state index in [4.69, 9.17) is 4.74 Å². The minimum Gasteiger partial charge on any atom is -0.461 e. The van der Waals surface area contributed by atoms with Gasteiger partial charge in [-0.05, 0) is 44.3 Å². The second-order valence-corrected chi connectivity index (χ2v) is 8.40. The number of hydrogen-bond donors (Lipinski definition) is 1. The van der Waals surface area contributed by atoms with Crippen LogP contribution in [-0.2, 0) is 20.7 Å². The van der Waals surface area contributed by atoms with Crippen molar-refractivity contribution in [2.75, 3.05) is 38.3 Å². The number of carbonyl (C=O) groups excluding carboxylic acids is 3. The number of benzene rings is 2. The van der Waals surface area contributed by atoms with Crippen LogP contribution in [0.5, 0.6) is 0 Å². The lowest BCUT2D eigenvalue weighted by molar-refractivity contribution is -0.119. The van der Waals surface area contributed by atoms with Crippen molar-refractivity contribution in [2.24, 2.45) is 5.92 Å². The molecule has 6 nitrogen and oxygen atoms in total. The molecule has 2 aromatic rings. The summed E-state index contributed by atoms with van der Waals surface area (Å²) in [5.41, 5.74) is 1.93. The maximum Gasteiger partial charge on any atom is 0.338 e. The Morgan fingerprint density at radius 1 is 1.06 bits per heavy atom. The maximum absolute atomic E-state index is 12.9. The molecule has 2 rings (SSSR count). The van der Waals surface area contributed by atoms with Gasteiger partial charge in [0.1, 0.15) is 6.61 Å². The van der Waals surface area contributed by atoms with Gasteiger partial charge >= 0.3 is 5.97 Å². The highest BCUT2D eigenvalue weighted by Crippen LogP contribution is 2.19. The standard InChI is InChI=1S/C23H28N2O4S.ClH/c1-17(26)30-16-20(14-18-8-5-4-6-9-18)22(27)24-21-11-7-10-19(15-21)23(28)29-13-12-25(2)3;/h4-11,15,20H,12-14,16H2,1-3H3,(H,24,27);1H. The van der Waals surface area contributed by atoms with E-state index in [0.717, 1.165) is 17.3 Å². The average Bonchev–Trinajstić information content (AvgIpc) is 2.71. The zero-order valence-electron chi connectivity index (χ0n) is 18.0. The number of esters is 1. The molecule has 1 amide bonds. The SMILES string of the molecule is CC(=O)SCC(Cc1ccccc1)C(=O)Nc1cccc(C(=O)OCCN(C)C)c1.Cl. The molecule has 0 spiro atoms. The third-order valence-electron chi connectivity index (χ3n) is 4.32. The normalized spacial score (nSPS) is 11.4. The second kappa shape index (κ2) is 13.9. The van der Waals surface area contributed by atoms with Gasteiger partial charge in [0.2, 0.25) is 5.91 Å². The molecule has 1 unspecified atom stereocenters. The minimum atomic E-state index is -0.430. The van der Waals surface area contributed by atoms with Gasteiger partial charge in [-0.25, -0.2) is 4.79 Å². The Balaban J connectivity index is 0.00000480. The largest absolute Gasteiger partial charge is 0.461 e. The van der Waals surface area contributed by atoms with Crippen molar-refractivity contribution in [2.45, 2.75) is 13.3 Å². The highest BCUT2D eigenvalue weighted by molar-refractivity contribution is 8.13. The summed E-state index contributed by atoms with van der Waals surface area (Å²) >= 11 is 1.14. The molecule has 0 fully saturated rings. The fraction of sp³-hybridized carbons (Fsp3) is 0.348. The van der Waals surface area contributed by atoms with Crippen molar-refractivity contribution in [3.05, 3.63) is 65.7 Å². The Kier molecular flexibility index (Phi) is 11.9. The zero-order valence-corrected chi connectivity index (χ0v) is 19.6. The van der Waals surface area contributed by atoms with Crippen LogP contribution in [0.4, 0.5) is 5.69 Å². The first-order valence-electron chi connectivity index (χ1n) is 9.75. The number of hydrogen-bond acceptors (Lipinski definition) is 6. The first-order valence-corrected chi connectivity index (χ1v) is 10.7. The molecule has 168 valence electrons. The molecule has 1 N–H and O–H groups in total. The third-order valence-corrected chi connectivity index (χ3v) is 5.30. The van der Waals surface area contributed by atoms with Gasteiger partial charge in [-0.15, -0.1) is 12.4 Å². The van der Waals surface area contributed by atoms with E-state index >= 15 is 0 Å². The molecule has 2 aromatic carbocycles. The molecule has 1 atom stereocenters. The van der Waals surface area contributed by atoms with Crippen LogP contribution in [0.1, 0.15) is 22.8 Å². The van der Waals surface area contributed by atoms with Gasteiger partial charge in [-0.2, -0.15) is 0 Å². The van der Waals surface area contributed by atoms with E-state index in [-0.39, 0.29) is 29.3 Å². The monoisotopic (exact) mass is 464 g/mol. The van der Waals surface area contributed by atoms with Crippen LogP contribution in [0.25, 0.3) is 0 Å². The molecule has 0 aliphatic rings. The van der Waals surface area contributed by atoms with Crippen LogP contribution in [-0.4, -0.2) is 54.9 Å². The van der Waals surface area contributed by atoms with Crippen molar-refractivity contribution in [3.63, 3.8) is 0 Å². The van der Waals surface area contributed by atoms with Crippen molar-refractivity contribution >= 4 is 46.8 Å². The Morgan fingerprint density at radius 2 is 1.77 bits per heavy atom. The van der Waals surface area contributed by atoms with Gasteiger partial charge in [0, 0.05) is 24.9 Å². The lowest BCUT2D eigenvalue weighted by Crippen LogP contribution is -2.27. The van der Waals surface area contributed by atoms with Crippen molar-refractivity contribution in [1.82, 2.24) is 4.90 Å². The molecule has 0 heterocycles. The van der Waals surface area contributed by atoms with E-state index in [2.05, 4.69) is 5.32 Å². The number of amides is 1. The summed E-state index contributed by atoms with van der Waals surface area (Å²) in [5.74, 6) is -0.605. The number of nitrogens with one attached hydrogen (secondary N) is 1. The van der Waals surface area contributed by atoms with E-state index in [1.54, 1.807) is 24.3 Å². The number of anilines is 1. The summed E-state index contributed by atoms with van der Waals surface area (Å²) in [4.78, 5) is 38.5. The molecule has 0 radical (unpaired) electrons. The lowest BCUT2D eigenvalue weighted by Gasteiger charge is -2.16. The Bertz CT molecular complexity index is 862. The molecule has 0 saturated carbocycles. The van der Waals surface area contributed by atoms with E-state index in [9.17, 15) is 14.4 Å².